The molecule has 1 heterocycles. The van der Waals surface area contributed by atoms with Gasteiger partial charge in [-0.15, -0.1) is 5.10 Å². The standard InChI is InChI=1S/C11H20N6O2/c1-11(2,3)13-6-8-7-17(16-15-8)5-4-9(18)14-10(12)19/h7,13H,4-6H2,1-3H3,(H3,12,14,18,19). The van der Waals surface area contributed by atoms with Crippen LogP contribution in [0.15, 0.2) is 6.20 Å². The van der Waals surface area contributed by atoms with Gasteiger partial charge in [0.1, 0.15) is 0 Å². The molecule has 0 aromatic carbocycles. The molecule has 1 aromatic heterocycles. The van der Waals surface area contributed by atoms with E-state index in [-0.39, 0.29) is 12.0 Å². The Bertz CT molecular complexity index is 448. The van der Waals surface area contributed by atoms with Gasteiger partial charge in [0.05, 0.1) is 12.2 Å². The molecule has 0 fully saturated rings. The van der Waals surface area contributed by atoms with Gasteiger partial charge in [-0.2, -0.15) is 0 Å². The van der Waals surface area contributed by atoms with Crippen molar-refractivity contribution in [3.63, 3.8) is 0 Å². The van der Waals surface area contributed by atoms with Crippen molar-refractivity contribution in [2.75, 3.05) is 0 Å². The van der Waals surface area contributed by atoms with Crippen LogP contribution < -0.4 is 16.4 Å². The number of rotatable bonds is 5. The van der Waals surface area contributed by atoms with E-state index in [2.05, 4.69) is 36.4 Å². The van der Waals surface area contributed by atoms with Crippen molar-refractivity contribution >= 4 is 11.9 Å². The van der Waals surface area contributed by atoms with Crippen LogP contribution in [0.3, 0.4) is 0 Å². The average Bonchev–Trinajstić information content (AvgIpc) is 2.69. The lowest BCUT2D eigenvalue weighted by atomic mass is 10.1. The zero-order valence-corrected chi connectivity index (χ0v) is 11.4. The smallest absolute Gasteiger partial charge is 0.318 e. The van der Waals surface area contributed by atoms with E-state index in [0.29, 0.717) is 13.1 Å². The van der Waals surface area contributed by atoms with Crippen LogP contribution in [0.2, 0.25) is 0 Å². The molecule has 3 amide bonds. The Hall–Kier alpha value is -1.96. The zero-order chi connectivity index (χ0) is 14.5. The number of hydrogen-bond donors (Lipinski definition) is 3. The van der Waals surface area contributed by atoms with Crippen LogP contribution in [0.4, 0.5) is 4.79 Å². The molecular formula is C11H20N6O2. The van der Waals surface area contributed by atoms with Gasteiger partial charge in [0, 0.05) is 24.7 Å². The lowest BCUT2D eigenvalue weighted by Crippen LogP contribution is -2.35. The Kier molecular flexibility index (Phi) is 4.99. The van der Waals surface area contributed by atoms with Crippen LogP contribution in [0.1, 0.15) is 32.9 Å². The first kappa shape index (κ1) is 15.1. The fourth-order valence-electron chi connectivity index (χ4n) is 1.30. The van der Waals surface area contributed by atoms with E-state index < -0.39 is 11.9 Å². The number of aromatic nitrogens is 3. The van der Waals surface area contributed by atoms with E-state index in [9.17, 15) is 9.59 Å². The number of amides is 3. The monoisotopic (exact) mass is 268 g/mol. The highest BCUT2D eigenvalue weighted by Crippen LogP contribution is 2.01. The van der Waals surface area contributed by atoms with Crippen molar-refractivity contribution in [3.05, 3.63) is 11.9 Å². The molecule has 1 aromatic rings. The Balaban J connectivity index is 2.38. The van der Waals surface area contributed by atoms with Crippen LogP contribution in [0.25, 0.3) is 0 Å². The van der Waals surface area contributed by atoms with Gasteiger partial charge in [0.15, 0.2) is 0 Å². The van der Waals surface area contributed by atoms with E-state index in [1.165, 1.54) is 0 Å². The first-order valence-electron chi connectivity index (χ1n) is 5.99. The molecule has 1 rings (SSSR count). The summed E-state index contributed by atoms with van der Waals surface area (Å²) in [5.41, 5.74) is 5.63. The van der Waals surface area contributed by atoms with Gasteiger partial charge in [-0.3, -0.25) is 14.8 Å². The predicted octanol–water partition coefficient (Wildman–Crippen LogP) is -0.249. The molecule has 0 unspecified atom stereocenters. The fourth-order valence-corrected chi connectivity index (χ4v) is 1.30. The Morgan fingerprint density at radius 2 is 2.11 bits per heavy atom. The van der Waals surface area contributed by atoms with E-state index in [1.54, 1.807) is 10.9 Å². The summed E-state index contributed by atoms with van der Waals surface area (Å²) in [4.78, 5) is 21.7. The van der Waals surface area contributed by atoms with E-state index >= 15 is 0 Å². The van der Waals surface area contributed by atoms with E-state index in [1.807, 2.05) is 5.32 Å². The molecular weight excluding hydrogens is 248 g/mol. The second-order valence-electron chi connectivity index (χ2n) is 5.24. The second kappa shape index (κ2) is 6.28. The molecule has 0 atom stereocenters. The molecule has 0 radical (unpaired) electrons. The molecule has 4 N–H and O–H groups in total. The fraction of sp³-hybridized carbons (Fsp3) is 0.636. The number of hydrogen-bond acceptors (Lipinski definition) is 5. The van der Waals surface area contributed by atoms with Crippen molar-refractivity contribution in [2.24, 2.45) is 5.73 Å². The second-order valence-corrected chi connectivity index (χ2v) is 5.24. The molecule has 0 aliphatic carbocycles. The minimum absolute atomic E-state index is 0.00511. The summed E-state index contributed by atoms with van der Waals surface area (Å²) < 4.78 is 1.56. The summed E-state index contributed by atoms with van der Waals surface area (Å²) in [6.07, 6.45) is 1.88. The van der Waals surface area contributed by atoms with Gasteiger partial charge in [0.2, 0.25) is 5.91 Å². The molecule has 0 saturated heterocycles. The van der Waals surface area contributed by atoms with Gasteiger partial charge in [0.25, 0.3) is 0 Å². The summed E-state index contributed by atoms with van der Waals surface area (Å²) in [5, 5.41) is 13.2. The number of nitrogens with two attached hydrogens (primary N) is 1. The highest BCUT2D eigenvalue weighted by molar-refractivity contribution is 5.93. The van der Waals surface area contributed by atoms with Crippen LogP contribution in [0, 0.1) is 0 Å². The van der Waals surface area contributed by atoms with Crippen LogP contribution in [-0.2, 0) is 17.9 Å². The molecule has 0 spiro atoms. The third-order valence-corrected chi connectivity index (χ3v) is 2.22. The molecule has 106 valence electrons. The SMILES string of the molecule is CC(C)(C)NCc1cn(CCC(=O)NC(N)=O)nn1. The van der Waals surface area contributed by atoms with Gasteiger partial charge in [-0.25, -0.2) is 4.79 Å². The number of imide groups is 1. The normalized spacial score (nSPS) is 11.3. The molecule has 8 heteroatoms. The maximum atomic E-state index is 11.2. The Labute approximate surface area is 111 Å². The minimum atomic E-state index is -0.848. The van der Waals surface area contributed by atoms with Gasteiger partial charge < -0.3 is 11.1 Å². The summed E-state index contributed by atoms with van der Waals surface area (Å²) in [6, 6.07) is -0.848. The van der Waals surface area contributed by atoms with Crippen LogP contribution in [0.5, 0.6) is 0 Å². The first-order valence-corrected chi connectivity index (χ1v) is 5.99. The van der Waals surface area contributed by atoms with Crippen molar-refractivity contribution in [1.82, 2.24) is 25.6 Å². The largest absolute Gasteiger partial charge is 0.351 e. The average molecular weight is 268 g/mol. The van der Waals surface area contributed by atoms with Crippen molar-refractivity contribution in [1.29, 1.82) is 0 Å². The highest BCUT2D eigenvalue weighted by Gasteiger charge is 2.10. The van der Waals surface area contributed by atoms with Crippen molar-refractivity contribution in [2.45, 2.75) is 45.8 Å². The van der Waals surface area contributed by atoms with Gasteiger partial charge in [-0.05, 0) is 20.8 Å². The molecule has 8 nitrogen and oxygen atoms in total. The number of carbonyl (C=O) groups excluding carboxylic acids is 2. The van der Waals surface area contributed by atoms with Crippen molar-refractivity contribution < 1.29 is 9.59 Å². The number of urea groups is 1. The summed E-state index contributed by atoms with van der Waals surface area (Å²) in [6.45, 7) is 7.14. The number of aryl methyl sites for hydroxylation is 1. The predicted molar refractivity (Wildman–Crippen MR) is 69.0 cm³/mol. The summed E-state index contributed by atoms with van der Waals surface area (Å²) in [7, 11) is 0. The maximum absolute atomic E-state index is 11.2. The number of primary amides is 1. The zero-order valence-electron chi connectivity index (χ0n) is 11.4. The topological polar surface area (TPSA) is 115 Å². The molecule has 0 bridgehead atoms. The minimum Gasteiger partial charge on any atom is -0.351 e. The highest BCUT2D eigenvalue weighted by atomic mass is 16.2. The van der Waals surface area contributed by atoms with Gasteiger partial charge in [-0.1, -0.05) is 5.21 Å². The van der Waals surface area contributed by atoms with Gasteiger partial charge >= 0.3 is 6.03 Å². The molecule has 0 aliphatic rings. The quantitative estimate of drug-likeness (QED) is 0.681. The van der Waals surface area contributed by atoms with Crippen LogP contribution in [-0.4, -0.2) is 32.5 Å². The third-order valence-electron chi connectivity index (χ3n) is 2.22. The van der Waals surface area contributed by atoms with E-state index in [4.69, 9.17) is 5.73 Å². The summed E-state index contributed by atoms with van der Waals surface area (Å²) >= 11 is 0. The Morgan fingerprint density at radius 1 is 1.42 bits per heavy atom. The molecule has 0 aliphatic heterocycles. The lowest BCUT2D eigenvalue weighted by Gasteiger charge is -2.19. The molecule has 19 heavy (non-hydrogen) atoms. The lowest BCUT2D eigenvalue weighted by molar-refractivity contribution is -0.120. The Morgan fingerprint density at radius 3 is 2.68 bits per heavy atom. The van der Waals surface area contributed by atoms with Crippen LogP contribution >= 0.6 is 0 Å². The first-order chi connectivity index (χ1) is 8.76. The van der Waals surface area contributed by atoms with Crippen molar-refractivity contribution in [3.8, 4) is 0 Å². The maximum Gasteiger partial charge on any atom is 0.318 e. The molecule has 0 saturated carbocycles. The number of nitrogens with one attached hydrogen (secondary N) is 2. The van der Waals surface area contributed by atoms with E-state index in [0.717, 1.165) is 5.69 Å². The number of nitrogens with zero attached hydrogens (tertiary/aromatic N) is 3. The third kappa shape index (κ3) is 6.51. The number of carbonyl (C=O) groups is 2. The summed E-state index contributed by atoms with van der Waals surface area (Å²) in [5.74, 6) is -0.433.